The number of carbonyl (C=O) groups is 4. The van der Waals surface area contributed by atoms with Crippen LogP contribution in [0.15, 0.2) is 36.8 Å². The molecule has 5 unspecified atom stereocenters. The summed E-state index contributed by atoms with van der Waals surface area (Å²) in [5.74, 6) is -4.10. The van der Waals surface area contributed by atoms with Crippen molar-refractivity contribution in [2.45, 2.75) is 50.0 Å². The summed E-state index contributed by atoms with van der Waals surface area (Å²) in [6.07, 6.45) is 1.52. The number of aromatic amines is 1. The van der Waals surface area contributed by atoms with Crippen LogP contribution < -0.4 is 21.7 Å². The lowest BCUT2D eigenvalue weighted by molar-refractivity contribution is -0.144. The van der Waals surface area contributed by atoms with Crippen LogP contribution in [0.25, 0.3) is 0 Å². The maximum atomic E-state index is 13.1. The topological polar surface area (TPSA) is 240 Å². The van der Waals surface area contributed by atoms with Crippen LogP contribution in [-0.2, 0) is 32.0 Å². The van der Waals surface area contributed by atoms with Gasteiger partial charge < -0.3 is 47.1 Å². The highest BCUT2D eigenvalue weighted by Gasteiger charge is 2.32. The number of hydrogen-bond donors (Lipinski definition) is 9. The van der Waals surface area contributed by atoms with Gasteiger partial charge in [0.05, 0.1) is 25.1 Å². The van der Waals surface area contributed by atoms with Crippen LogP contribution in [0, 0.1) is 0 Å². The van der Waals surface area contributed by atoms with Gasteiger partial charge in [-0.25, -0.2) is 9.78 Å². The Balaban J connectivity index is 2.19. The number of phenols is 1. The quantitative estimate of drug-likeness (QED) is 0.135. The number of nitrogens with two attached hydrogens (primary N) is 1. The number of carbonyl (C=O) groups excluding carboxylic acids is 3. The van der Waals surface area contributed by atoms with Crippen LogP contribution in [-0.4, -0.2) is 91.0 Å². The molecule has 1 heterocycles. The lowest BCUT2D eigenvalue weighted by Gasteiger charge is -2.26. The van der Waals surface area contributed by atoms with E-state index >= 15 is 0 Å². The predicted octanol–water partition coefficient (Wildman–Crippen LogP) is -2.86. The number of phenolic OH excluding ortho intramolecular Hbond substituents is 1. The van der Waals surface area contributed by atoms with Gasteiger partial charge in [0.15, 0.2) is 0 Å². The standard InChI is InChI=1S/C22H30N6O8/c1-11(30)18(21(34)27-17(9-29)22(35)36)28-20(33)16(6-12-2-4-14(31)5-3-12)26-19(32)15(23)7-13-8-24-10-25-13/h2-5,8,10-11,15-18,29-31H,6-7,9,23H2,1H3,(H,24,25)(H,26,32)(H,27,34)(H,28,33)(H,35,36). The van der Waals surface area contributed by atoms with Gasteiger partial charge in [0.25, 0.3) is 0 Å². The number of nitrogens with one attached hydrogen (secondary N) is 4. The minimum Gasteiger partial charge on any atom is -0.508 e. The molecule has 1 aromatic heterocycles. The third-order valence-electron chi connectivity index (χ3n) is 5.20. The molecule has 2 rings (SSSR count). The monoisotopic (exact) mass is 506 g/mol. The summed E-state index contributed by atoms with van der Waals surface area (Å²) in [4.78, 5) is 56.1. The van der Waals surface area contributed by atoms with Crippen molar-refractivity contribution >= 4 is 23.7 Å². The summed E-state index contributed by atoms with van der Waals surface area (Å²) < 4.78 is 0. The van der Waals surface area contributed by atoms with E-state index in [2.05, 4.69) is 20.6 Å². The molecule has 36 heavy (non-hydrogen) atoms. The van der Waals surface area contributed by atoms with Crippen molar-refractivity contribution in [1.29, 1.82) is 0 Å². The van der Waals surface area contributed by atoms with E-state index in [9.17, 15) is 29.4 Å². The number of aliphatic hydroxyl groups excluding tert-OH is 2. The number of carboxylic acid groups (broad SMARTS) is 1. The molecule has 2 aromatic rings. The largest absolute Gasteiger partial charge is 0.508 e. The Labute approximate surface area is 205 Å². The number of rotatable bonds is 13. The first-order valence-corrected chi connectivity index (χ1v) is 10.9. The van der Waals surface area contributed by atoms with Gasteiger partial charge in [0.1, 0.15) is 23.9 Å². The second kappa shape index (κ2) is 13.2. The molecule has 0 radical (unpaired) electrons. The Morgan fingerprint density at radius 1 is 1.00 bits per heavy atom. The number of aromatic hydroxyl groups is 1. The third kappa shape index (κ3) is 8.33. The maximum absolute atomic E-state index is 13.1. The van der Waals surface area contributed by atoms with Crippen molar-refractivity contribution in [2.24, 2.45) is 5.73 Å². The fraction of sp³-hybridized carbons (Fsp3) is 0.409. The van der Waals surface area contributed by atoms with Gasteiger partial charge in [-0.3, -0.25) is 14.4 Å². The summed E-state index contributed by atoms with van der Waals surface area (Å²) >= 11 is 0. The molecule has 0 saturated heterocycles. The molecule has 14 nitrogen and oxygen atoms in total. The molecule has 3 amide bonds. The van der Waals surface area contributed by atoms with E-state index in [1.54, 1.807) is 0 Å². The minimum atomic E-state index is -1.65. The highest BCUT2D eigenvalue weighted by molar-refractivity contribution is 5.94. The Hall–Kier alpha value is -4.01. The average Bonchev–Trinajstić information content (AvgIpc) is 3.34. The lowest BCUT2D eigenvalue weighted by atomic mass is 10.0. The molecule has 0 saturated carbocycles. The summed E-state index contributed by atoms with van der Waals surface area (Å²) in [5.41, 5.74) is 7.11. The summed E-state index contributed by atoms with van der Waals surface area (Å²) in [7, 11) is 0. The average molecular weight is 507 g/mol. The Bertz CT molecular complexity index is 1030. The highest BCUT2D eigenvalue weighted by Crippen LogP contribution is 2.12. The molecular formula is C22H30N6O8. The van der Waals surface area contributed by atoms with Crippen molar-refractivity contribution in [3.05, 3.63) is 48.0 Å². The summed E-state index contributed by atoms with van der Waals surface area (Å²) in [5, 5.41) is 44.6. The number of imidazole rings is 1. The molecule has 0 aliphatic heterocycles. The second-order valence-corrected chi connectivity index (χ2v) is 8.13. The Morgan fingerprint density at radius 2 is 1.64 bits per heavy atom. The SMILES string of the molecule is CC(O)C(NC(=O)C(Cc1ccc(O)cc1)NC(=O)C(N)Cc1cnc[nH]1)C(=O)NC(CO)C(=O)O. The smallest absolute Gasteiger partial charge is 0.328 e. The van der Waals surface area contributed by atoms with Gasteiger partial charge in [-0.15, -0.1) is 0 Å². The minimum absolute atomic E-state index is 0.00641. The Morgan fingerprint density at radius 3 is 2.17 bits per heavy atom. The van der Waals surface area contributed by atoms with Crippen LogP contribution in [0.1, 0.15) is 18.2 Å². The maximum Gasteiger partial charge on any atom is 0.328 e. The highest BCUT2D eigenvalue weighted by atomic mass is 16.4. The Kier molecular flexibility index (Phi) is 10.3. The summed E-state index contributed by atoms with van der Waals surface area (Å²) in [6.45, 7) is 0.294. The summed E-state index contributed by atoms with van der Waals surface area (Å²) in [6, 6.07) is 0.307. The number of benzene rings is 1. The molecule has 196 valence electrons. The van der Waals surface area contributed by atoms with E-state index in [0.29, 0.717) is 11.3 Å². The fourth-order valence-corrected chi connectivity index (χ4v) is 3.19. The molecule has 0 fully saturated rings. The van der Waals surface area contributed by atoms with Gasteiger partial charge in [0.2, 0.25) is 17.7 Å². The van der Waals surface area contributed by atoms with Crippen molar-refractivity contribution in [3.63, 3.8) is 0 Å². The molecule has 0 bridgehead atoms. The molecule has 10 N–H and O–H groups in total. The van der Waals surface area contributed by atoms with Gasteiger partial charge >= 0.3 is 5.97 Å². The van der Waals surface area contributed by atoms with Crippen molar-refractivity contribution in [1.82, 2.24) is 25.9 Å². The van der Waals surface area contributed by atoms with Crippen molar-refractivity contribution in [3.8, 4) is 5.75 Å². The first-order valence-electron chi connectivity index (χ1n) is 10.9. The zero-order valence-electron chi connectivity index (χ0n) is 19.4. The number of aliphatic hydroxyl groups is 2. The molecule has 5 atom stereocenters. The van der Waals surface area contributed by atoms with Gasteiger partial charge in [0, 0.05) is 24.7 Å². The zero-order valence-corrected chi connectivity index (χ0v) is 19.4. The van der Waals surface area contributed by atoms with E-state index < -0.39 is 60.6 Å². The lowest BCUT2D eigenvalue weighted by Crippen LogP contribution is -2.60. The van der Waals surface area contributed by atoms with Crippen LogP contribution in [0.2, 0.25) is 0 Å². The van der Waals surface area contributed by atoms with Crippen molar-refractivity contribution in [2.75, 3.05) is 6.61 Å². The number of aliphatic carboxylic acids is 1. The molecule has 0 spiro atoms. The number of aromatic nitrogens is 2. The first kappa shape index (κ1) is 28.2. The molecule has 0 aliphatic rings. The van der Waals surface area contributed by atoms with Gasteiger partial charge in [-0.2, -0.15) is 0 Å². The normalized spacial score (nSPS) is 15.1. The van der Waals surface area contributed by atoms with E-state index in [1.807, 2.05) is 5.32 Å². The third-order valence-corrected chi connectivity index (χ3v) is 5.20. The zero-order chi connectivity index (χ0) is 26.8. The molecule has 1 aromatic carbocycles. The van der Waals surface area contributed by atoms with E-state index in [0.717, 1.165) is 0 Å². The van der Waals surface area contributed by atoms with Crippen molar-refractivity contribution < 1.29 is 39.6 Å². The number of H-pyrrole nitrogens is 1. The van der Waals surface area contributed by atoms with E-state index in [-0.39, 0.29) is 18.6 Å². The number of nitrogens with zero attached hydrogens (tertiary/aromatic N) is 1. The molecule has 0 aliphatic carbocycles. The van der Waals surface area contributed by atoms with Crippen LogP contribution in [0.4, 0.5) is 0 Å². The van der Waals surface area contributed by atoms with Crippen LogP contribution in [0.5, 0.6) is 5.75 Å². The number of carboxylic acids is 1. The number of hydrogen-bond acceptors (Lipinski definition) is 9. The van der Waals surface area contributed by atoms with Gasteiger partial charge in [-0.1, -0.05) is 12.1 Å². The van der Waals surface area contributed by atoms with E-state index in [4.69, 9.17) is 15.9 Å². The predicted molar refractivity (Wildman–Crippen MR) is 124 cm³/mol. The first-order chi connectivity index (χ1) is 17.0. The van der Waals surface area contributed by atoms with Crippen LogP contribution in [0.3, 0.4) is 0 Å². The van der Waals surface area contributed by atoms with Crippen LogP contribution >= 0.6 is 0 Å². The fourth-order valence-electron chi connectivity index (χ4n) is 3.19. The van der Waals surface area contributed by atoms with E-state index in [1.165, 1.54) is 43.7 Å². The second-order valence-electron chi connectivity index (χ2n) is 8.13. The number of amides is 3. The molecule has 14 heteroatoms. The molecular weight excluding hydrogens is 476 g/mol. The van der Waals surface area contributed by atoms with Gasteiger partial charge in [-0.05, 0) is 24.6 Å².